The molecule has 1 aliphatic heterocycles. The molecule has 1 heterocycles. The average molecular weight is 349 g/mol. The molecule has 0 aromatic heterocycles. The van der Waals surface area contributed by atoms with Gasteiger partial charge >= 0.3 is 0 Å². The van der Waals surface area contributed by atoms with Crippen LogP contribution in [-0.4, -0.2) is 43.5 Å². The first-order valence-corrected chi connectivity index (χ1v) is 9.58. The lowest BCUT2D eigenvalue weighted by Crippen LogP contribution is -3.14. The zero-order chi connectivity index (χ0) is 18.4. The number of carbonyl (C=O) groups is 1. The molecule has 0 aliphatic carbocycles. The van der Waals surface area contributed by atoms with Gasteiger partial charge in [0.2, 0.25) is 0 Å². The quantitative estimate of drug-likeness (QED) is 0.882. The molecular weight excluding hydrogens is 320 g/mol. The molecule has 1 fully saturated rings. The largest absolute Gasteiger partial charge is 0.329 e. The highest BCUT2D eigenvalue weighted by Crippen LogP contribution is 2.15. The summed E-state index contributed by atoms with van der Waals surface area (Å²) in [7, 11) is 0. The van der Waals surface area contributed by atoms with Crippen LogP contribution in [-0.2, 0) is 0 Å². The van der Waals surface area contributed by atoms with E-state index in [0.717, 1.165) is 38.3 Å². The standard InChI is InChI=1S/C23H28N2O/c1-19(2)21-10-12-22(13-11-21)23(26)25-17-15-24(16-18-25)14-6-9-20-7-4-3-5-8-20/h3-13,19H,14-18H2,1-2H3/p+1. The molecule has 0 atom stereocenters. The highest BCUT2D eigenvalue weighted by Gasteiger charge is 2.23. The van der Waals surface area contributed by atoms with Crippen LogP contribution in [0, 0.1) is 0 Å². The monoisotopic (exact) mass is 349 g/mol. The fourth-order valence-electron chi connectivity index (χ4n) is 3.35. The van der Waals surface area contributed by atoms with Crippen LogP contribution in [0.5, 0.6) is 0 Å². The number of piperazine rings is 1. The molecule has 0 spiro atoms. The summed E-state index contributed by atoms with van der Waals surface area (Å²) in [5, 5.41) is 0. The smallest absolute Gasteiger partial charge is 0.254 e. The third-order valence-electron chi connectivity index (χ3n) is 5.10. The summed E-state index contributed by atoms with van der Waals surface area (Å²) in [5.74, 6) is 0.662. The number of benzene rings is 2. The van der Waals surface area contributed by atoms with Crippen molar-refractivity contribution < 1.29 is 9.69 Å². The van der Waals surface area contributed by atoms with Crippen LogP contribution < -0.4 is 4.90 Å². The van der Waals surface area contributed by atoms with E-state index in [1.807, 2.05) is 23.1 Å². The predicted molar refractivity (Wildman–Crippen MR) is 107 cm³/mol. The Labute approximate surface area is 156 Å². The number of amides is 1. The topological polar surface area (TPSA) is 24.8 Å². The maximum Gasteiger partial charge on any atom is 0.254 e. The van der Waals surface area contributed by atoms with Gasteiger partial charge in [-0.25, -0.2) is 0 Å². The molecule has 2 aromatic rings. The second kappa shape index (κ2) is 8.81. The van der Waals surface area contributed by atoms with Crippen LogP contribution in [0.4, 0.5) is 0 Å². The minimum absolute atomic E-state index is 0.166. The summed E-state index contributed by atoms with van der Waals surface area (Å²) in [4.78, 5) is 16.2. The normalized spacial score (nSPS) is 15.7. The van der Waals surface area contributed by atoms with Gasteiger partial charge in [0, 0.05) is 5.56 Å². The zero-order valence-electron chi connectivity index (χ0n) is 15.8. The number of carbonyl (C=O) groups excluding carboxylic acids is 1. The van der Waals surface area contributed by atoms with E-state index in [1.165, 1.54) is 16.0 Å². The van der Waals surface area contributed by atoms with Crippen molar-refractivity contribution >= 4 is 12.0 Å². The summed E-state index contributed by atoms with van der Waals surface area (Å²) < 4.78 is 0. The number of hydrogen-bond acceptors (Lipinski definition) is 1. The summed E-state index contributed by atoms with van der Waals surface area (Å²) in [6.07, 6.45) is 4.42. The highest BCUT2D eigenvalue weighted by atomic mass is 16.2. The second-order valence-corrected chi connectivity index (χ2v) is 7.34. The van der Waals surface area contributed by atoms with Crippen LogP contribution in [0.3, 0.4) is 0 Å². The Hall–Kier alpha value is -2.39. The SMILES string of the molecule is CC(C)c1ccc(C(=O)N2CC[NH+](CC=Cc3ccccc3)CC2)cc1. The Morgan fingerprint density at radius 3 is 2.31 bits per heavy atom. The molecule has 1 N–H and O–H groups in total. The van der Waals surface area contributed by atoms with E-state index in [9.17, 15) is 4.79 Å². The van der Waals surface area contributed by atoms with E-state index >= 15 is 0 Å². The van der Waals surface area contributed by atoms with Gasteiger partial charge in [-0.2, -0.15) is 0 Å². The van der Waals surface area contributed by atoms with Crippen LogP contribution >= 0.6 is 0 Å². The van der Waals surface area contributed by atoms with Crippen LogP contribution in [0.1, 0.15) is 41.3 Å². The maximum absolute atomic E-state index is 12.7. The van der Waals surface area contributed by atoms with Crippen molar-refractivity contribution in [2.24, 2.45) is 0 Å². The van der Waals surface area contributed by atoms with Gasteiger partial charge in [0.1, 0.15) is 0 Å². The lowest BCUT2D eigenvalue weighted by Gasteiger charge is -2.31. The van der Waals surface area contributed by atoms with Gasteiger partial charge in [-0.15, -0.1) is 0 Å². The summed E-state index contributed by atoms with van der Waals surface area (Å²) in [6.45, 7) is 9.04. The molecule has 3 heteroatoms. The van der Waals surface area contributed by atoms with Gasteiger partial charge in [0.05, 0.1) is 32.7 Å². The molecular formula is C23H29N2O+. The van der Waals surface area contributed by atoms with Crippen LogP contribution in [0.25, 0.3) is 6.08 Å². The van der Waals surface area contributed by atoms with Gasteiger partial charge in [0.15, 0.2) is 0 Å². The fourth-order valence-corrected chi connectivity index (χ4v) is 3.35. The van der Waals surface area contributed by atoms with Crippen molar-refractivity contribution in [3.8, 4) is 0 Å². The van der Waals surface area contributed by atoms with Gasteiger partial charge in [-0.05, 0) is 35.3 Å². The molecule has 1 aliphatic rings. The molecule has 1 saturated heterocycles. The maximum atomic E-state index is 12.7. The lowest BCUT2D eigenvalue weighted by molar-refractivity contribution is -0.898. The highest BCUT2D eigenvalue weighted by molar-refractivity contribution is 5.94. The summed E-state index contributed by atoms with van der Waals surface area (Å²) in [6, 6.07) is 18.5. The van der Waals surface area contributed by atoms with Crippen molar-refractivity contribution in [3.05, 3.63) is 77.4 Å². The molecule has 0 radical (unpaired) electrons. The Morgan fingerprint density at radius 2 is 1.69 bits per heavy atom. The number of hydrogen-bond donors (Lipinski definition) is 1. The molecule has 2 aromatic carbocycles. The van der Waals surface area contributed by atoms with Crippen LogP contribution in [0.15, 0.2) is 60.7 Å². The van der Waals surface area contributed by atoms with Crippen molar-refractivity contribution in [1.29, 1.82) is 0 Å². The van der Waals surface area contributed by atoms with Gasteiger partial charge in [-0.1, -0.05) is 62.4 Å². The molecule has 26 heavy (non-hydrogen) atoms. The molecule has 0 unspecified atom stereocenters. The first-order chi connectivity index (χ1) is 12.6. The Kier molecular flexibility index (Phi) is 6.24. The molecule has 0 saturated carbocycles. The first kappa shape index (κ1) is 18.4. The van der Waals surface area contributed by atoms with Gasteiger partial charge < -0.3 is 9.80 Å². The predicted octanol–water partition coefficient (Wildman–Crippen LogP) is 2.86. The van der Waals surface area contributed by atoms with Crippen LogP contribution in [0.2, 0.25) is 0 Å². The van der Waals surface area contributed by atoms with Crippen molar-refractivity contribution in [3.63, 3.8) is 0 Å². The van der Waals surface area contributed by atoms with Crippen molar-refractivity contribution in [2.45, 2.75) is 19.8 Å². The van der Waals surface area contributed by atoms with E-state index in [4.69, 9.17) is 0 Å². The van der Waals surface area contributed by atoms with Crippen molar-refractivity contribution in [1.82, 2.24) is 4.90 Å². The Bertz CT molecular complexity index is 727. The lowest BCUT2D eigenvalue weighted by atomic mass is 10.0. The zero-order valence-corrected chi connectivity index (χ0v) is 15.8. The minimum Gasteiger partial charge on any atom is -0.329 e. The molecule has 0 bridgehead atoms. The van der Waals surface area contributed by atoms with Crippen molar-refractivity contribution in [2.75, 3.05) is 32.7 Å². The Morgan fingerprint density at radius 1 is 1.04 bits per heavy atom. The fraction of sp³-hybridized carbons (Fsp3) is 0.348. The van der Waals surface area contributed by atoms with Gasteiger partial charge in [0.25, 0.3) is 5.91 Å². The number of nitrogens with one attached hydrogen (secondary N) is 1. The molecule has 1 amide bonds. The van der Waals surface area contributed by atoms with E-state index in [1.54, 1.807) is 0 Å². The second-order valence-electron chi connectivity index (χ2n) is 7.34. The Balaban J connectivity index is 1.48. The first-order valence-electron chi connectivity index (χ1n) is 9.58. The average Bonchev–Trinajstić information content (AvgIpc) is 2.69. The van der Waals surface area contributed by atoms with E-state index in [2.05, 4.69) is 62.4 Å². The van der Waals surface area contributed by atoms with Gasteiger partial charge in [-0.3, -0.25) is 4.79 Å². The number of quaternary nitrogens is 1. The molecule has 136 valence electrons. The summed E-state index contributed by atoms with van der Waals surface area (Å²) in [5.41, 5.74) is 3.33. The molecule has 3 rings (SSSR count). The molecule has 3 nitrogen and oxygen atoms in total. The third-order valence-corrected chi connectivity index (χ3v) is 5.10. The number of rotatable bonds is 5. The third kappa shape index (κ3) is 4.83. The van der Waals surface area contributed by atoms with E-state index in [-0.39, 0.29) is 5.91 Å². The number of nitrogens with zero attached hydrogens (tertiary/aromatic N) is 1. The summed E-state index contributed by atoms with van der Waals surface area (Å²) >= 11 is 0. The van der Waals surface area contributed by atoms with E-state index < -0.39 is 0 Å². The minimum atomic E-state index is 0.166. The van der Waals surface area contributed by atoms with E-state index in [0.29, 0.717) is 5.92 Å².